The van der Waals surface area contributed by atoms with Crippen molar-refractivity contribution in [3.63, 3.8) is 0 Å². The van der Waals surface area contributed by atoms with Crippen LogP contribution >= 0.6 is 0 Å². The second-order valence-corrected chi connectivity index (χ2v) is 9.84. The van der Waals surface area contributed by atoms with Gasteiger partial charge in [-0.05, 0) is 73.4 Å². The molecule has 1 fully saturated rings. The van der Waals surface area contributed by atoms with E-state index in [1.807, 2.05) is 78.6 Å². The predicted molar refractivity (Wildman–Crippen MR) is 149 cm³/mol. The van der Waals surface area contributed by atoms with Gasteiger partial charge in [-0.25, -0.2) is 0 Å². The van der Waals surface area contributed by atoms with E-state index in [1.165, 1.54) is 5.56 Å². The van der Waals surface area contributed by atoms with Gasteiger partial charge in [0.25, 0.3) is 11.8 Å². The second-order valence-electron chi connectivity index (χ2n) is 9.84. The van der Waals surface area contributed by atoms with E-state index in [4.69, 9.17) is 0 Å². The predicted octanol–water partition coefficient (Wildman–Crippen LogP) is 6.54. The summed E-state index contributed by atoms with van der Waals surface area (Å²) in [6.45, 7) is 3.79. The fourth-order valence-corrected chi connectivity index (χ4v) is 5.50. The molecule has 1 saturated heterocycles. The van der Waals surface area contributed by atoms with E-state index in [0.29, 0.717) is 29.4 Å². The van der Waals surface area contributed by atoms with E-state index in [1.54, 1.807) is 24.3 Å². The first-order valence-corrected chi connectivity index (χ1v) is 12.8. The van der Waals surface area contributed by atoms with Crippen molar-refractivity contribution < 1.29 is 9.59 Å². The van der Waals surface area contributed by atoms with E-state index in [0.717, 1.165) is 41.9 Å². The largest absolute Gasteiger partial charge is 0.365 e. The Bertz CT molecular complexity index is 1460. The summed E-state index contributed by atoms with van der Waals surface area (Å²) in [6.07, 6.45) is 2.26. The number of carbonyl (C=O) groups is 2. The number of nitrogens with zero attached hydrogens (tertiary/aromatic N) is 2. The van der Waals surface area contributed by atoms with Crippen molar-refractivity contribution in [1.82, 2.24) is 0 Å². The lowest BCUT2D eigenvalue weighted by Gasteiger charge is -2.40. The van der Waals surface area contributed by atoms with Crippen molar-refractivity contribution >= 4 is 28.9 Å². The lowest BCUT2D eigenvalue weighted by atomic mass is 9.98. The lowest BCUT2D eigenvalue weighted by Crippen LogP contribution is -2.48. The standard InChI is InChI=1S/C32H29N3O2/c1-22-12-14-23(15-13-22)27-8-2-3-9-28(27)31(36)33-25-18-16-24(17-19-25)32(37)35-21-26-7-6-20-34(26)29-10-4-5-11-30(29)35/h2-5,8-19,26H,6-7,20-21H2,1H3,(H,33,36)/t26-/m1/s1. The zero-order valence-corrected chi connectivity index (χ0v) is 20.9. The lowest BCUT2D eigenvalue weighted by molar-refractivity contribution is 0.0983. The molecule has 184 valence electrons. The smallest absolute Gasteiger partial charge is 0.258 e. The summed E-state index contributed by atoms with van der Waals surface area (Å²) in [4.78, 5) is 31.1. The first-order valence-electron chi connectivity index (χ1n) is 12.8. The number of anilines is 3. The summed E-state index contributed by atoms with van der Waals surface area (Å²) < 4.78 is 0. The van der Waals surface area contributed by atoms with Gasteiger partial charge in [0.15, 0.2) is 0 Å². The molecule has 0 aliphatic carbocycles. The van der Waals surface area contributed by atoms with Crippen LogP contribution in [0.25, 0.3) is 11.1 Å². The number of nitrogens with one attached hydrogen (secondary N) is 1. The molecule has 4 aromatic carbocycles. The normalized spacial score (nSPS) is 16.2. The van der Waals surface area contributed by atoms with Crippen LogP contribution in [0, 0.1) is 6.92 Å². The van der Waals surface area contributed by atoms with Crippen molar-refractivity contribution in [2.45, 2.75) is 25.8 Å². The van der Waals surface area contributed by atoms with Gasteiger partial charge in [-0.1, -0.05) is 60.2 Å². The molecule has 5 heteroatoms. The number of hydrogen-bond acceptors (Lipinski definition) is 3. The summed E-state index contributed by atoms with van der Waals surface area (Å²) >= 11 is 0. The number of hydrogen-bond donors (Lipinski definition) is 1. The van der Waals surface area contributed by atoms with Crippen LogP contribution in [0.5, 0.6) is 0 Å². The molecule has 1 atom stereocenters. The number of amides is 2. The Morgan fingerprint density at radius 1 is 0.811 bits per heavy atom. The van der Waals surface area contributed by atoms with Crippen LogP contribution in [0.1, 0.15) is 39.1 Å². The summed E-state index contributed by atoms with van der Waals surface area (Å²) in [6, 6.07) is 31.5. The van der Waals surface area contributed by atoms with Crippen molar-refractivity contribution in [3.05, 3.63) is 114 Å². The van der Waals surface area contributed by atoms with Crippen molar-refractivity contribution in [1.29, 1.82) is 0 Å². The maximum absolute atomic E-state index is 13.6. The van der Waals surface area contributed by atoms with E-state index < -0.39 is 0 Å². The summed E-state index contributed by atoms with van der Waals surface area (Å²) in [5, 5.41) is 3.00. The average Bonchev–Trinajstić information content (AvgIpc) is 3.42. The topological polar surface area (TPSA) is 52.7 Å². The Morgan fingerprint density at radius 2 is 1.51 bits per heavy atom. The Balaban J connectivity index is 1.21. The maximum Gasteiger partial charge on any atom is 0.258 e. The van der Waals surface area contributed by atoms with E-state index >= 15 is 0 Å². The highest BCUT2D eigenvalue weighted by Gasteiger charge is 2.36. The molecule has 4 aromatic rings. The molecule has 0 spiro atoms. The average molecular weight is 488 g/mol. The fraction of sp³-hybridized carbons (Fsp3) is 0.188. The molecule has 0 aromatic heterocycles. The molecule has 1 N–H and O–H groups in total. The maximum atomic E-state index is 13.6. The fourth-order valence-electron chi connectivity index (χ4n) is 5.50. The molecule has 2 amide bonds. The first kappa shape index (κ1) is 23.0. The van der Waals surface area contributed by atoms with Crippen LogP contribution in [0.15, 0.2) is 97.1 Å². The van der Waals surface area contributed by atoms with Gasteiger partial charge >= 0.3 is 0 Å². The molecular formula is C32H29N3O2. The highest BCUT2D eigenvalue weighted by Crippen LogP contribution is 2.39. The van der Waals surface area contributed by atoms with Gasteiger partial charge in [-0.3, -0.25) is 9.59 Å². The first-order chi connectivity index (χ1) is 18.1. The second kappa shape index (κ2) is 9.58. The third kappa shape index (κ3) is 4.38. The minimum Gasteiger partial charge on any atom is -0.365 e. The quantitative estimate of drug-likeness (QED) is 0.355. The van der Waals surface area contributed by atoms with Gasteiger partial charge in [0.1, 0.15) is 0 Å². The molecule has 0 bridgehead atoms. The number of aryl methyl sites for hydroxylation is 1. The summed E-state index contributed by atoms with van der Waals surface area (Å²) in [7, 11) is 0. The van der Waals surface area contributed by atoms with Gasteiger partial charge in [-0.15, -0.1) is 0 Å². The Morgan fingerprint density at radius 3 is 2.30 bits per heavy atom. The van der Waals surface area contributed by atoms with Gasteiger partial charge in [-0.2, -0.15) is 0 Å². The molecule has 0 saturated carbocycles. The van der Waals surface area contributed by atoms with Crippen LogP contribution in [0.3, 0.4) is 0 Å². The zero-order chi connectivity index (χ0) is 25.4. The van der Waals surface area contributed by atoms with Crippen LogP contribution < -0.4 is 15.1 Å². The SMILES string of the molecule is Cc1ccc(-c2ccccc2C(=O)Nc2ccc(C(=O)N3C[C@H]4CCCN4c4ccccc43)cc2)cc1. The highest BCUT2D eigenvalue weighted by molar-refractivity contribution is 6.10. The monoisotopic (exact) mass is 487 g/mol. The van der Waals surface area contributed by atoms with E-state index in [2.05, 4.69) is 16.3 Å². The van der Waals surface area contributed by atoms with Gasteiger partial charge in [0.05, 0.1) is 11.4 Å². The molecule has 2 heterocycles. The van der Waals surface area contributed by atoms with Crippen LogP contribution in [0.4, 0.5) is 17.1 Å². The Labute approximate surface area is 217 Å². The highest BCUT2D eigenvalue weighted by atomic mass is 16.2. The minimum absolute atomic E-state index is 0.0124. The number of benzene rings is 4. The van der Waals surface area contributed by atoms with Crippen LogP contribution in [-0.4, -0.2) is 30.9 Å². The molecule has 6 rings (SSSR count). The minimum atomic E-state index is -0.179. The number of carbonyl (C=O) groups excluding carboxylic acids is 2. The van der Waals surface area contributed by atoms with Crippen molar-refractivity contribution in [3.8, 4) is 11.1 Å². The van der Waals surface area contributed by atoms with Gasteiger partial charge in [0, 0.05) is 35.9 Å². The zero-order valence-electron chi connectivity index (χ0n) is 20.9. The molecular weight excluding hydrogens is 458 g/mol. The molecule has 5 nitrogen and oxygen atoms in total. The molecule has 0 radical (unpaired) electrons. The van der Waals surface area contributed by atoms with Gasteiger partial charge < -0.3 is 15.1 Å². The van der Waals surface area contributed by atoms with Crippen molar-refractivity contribution in [2.75, 3.05) is 28.2 Å². The number of fused-ring (bicyclic) bond motifs is 3. The Hall–Kier alpha value is -4.38. The summed E-state index contributed by atoms with van der Waals surface area (Å²) in [5.74, 6) is -0.192. The molecule has 37 heavy (non-hydrogen) atoms. The van der Waals surface area contributed by atoms with E-state index in [-0.39, 0.29) is 11.8 Å². The summed E-state index contributed by atoms with van der Waals surface area (Å²) in [5.41, 5.74) is 7.04. The third-order valence-electron chi connectivity index (χ3n) is 7.42. The third-order valence-corrected chi connectivity index (χ3v) is 7.42. The van der Waals surface area contributed by atoms with Gasteiger partial charge in [0.2, 0.25) is 0 Å². The molecule has 0 unspecified atom stereocenters. The Kier molecular flexibility index (Phi) is 5.97. The number of rotatable bonds is 4. The van der Waals surface area contributed by atoms with Crippen LogP contribution in [0.2, 0.25) is 0 Å². The van der Waals surface area contributed by atoms with Crippen LogP contribution in [-0.2, 0) is 0 Å². The number of para-hydroxylation sites is 2. The molecule has 2 aliphatic rings. The van der Waals surface area contributed by atoms with E-state index in [9.17, 15) is 9.59 Å². The molecule has 2 aliphatic heterocycles. The van der Waals surface area contributed by atoms with Crippen molar-refractivity contribution in [2.24, 2.45) is 0 Å².